The molecule has 1 heterocycles. The monoisotopic (exact) mass is 142 g/mol. The van der Waals surface area contributed by atoms with Crippen molar-refractivity contribution in [1.29, 1.82) is 0 Å². The first kappa shape index (κ1) is 6.50. The van der Waals surface area contributed by atoms with Crippen molar-refractivity contribution in [2.75, 3.05) is 0 Å². The van der Waals surface area contributed by atoms with Crippen LogP contribution in [0, 0.1) is 0 Å². The summed E-state index contributed by atoms with van der Waals surface area (Å²) in [5.41, 5.74) is -0.148. The van der Waals surface area contributed by atoms with Crippen LogP contribution in [0.2, 0.25) is 0 Å². The Balaban J connectivity index is 2.81. The van der Waals surface area contributed by atoms with E-state index in [1.54, 1.807) is 18.2 Å². The summed E-state index contributed by atoms with van der Waals surface area (Å²) in [6.45, 7) is 0. The van der Waals surface area contributed by atoms with E-state index in [9.17, 15) is 9.36 Å². The van der Waals surface area contributed by atoms with Gasteiger partial charge in [0, 0.05) is 6.42 Å². The molecule has 0 aliphatic carbocycles. The lowest BCUT2D eigenvalue weighted by molar-refractivity contribution is -0.110. The predicted molar refractivity (Wildman–Crippen MR) is 36.9 cm³/mol. The quantitative estimate of drug-likeness (QED) is 0.481. The van der Waals surface area contributed by atoms with Crippen LogP contribution in [-0.2, 0) is 9.36 Å². The Morgan fingerprint density at radius 2 is 2.22 bits per heavy atom. The highest BCUT2D eigenvalue weighted by Crippen LogP contribution is 2.26. The van der Waals surface area contributed by atoms with Crippen molar-refractivity contribution in [2.24, 2.45) is 0 Å². The summed E-state index contributed by atoms with van der Waals surface area (Å²) in [6, 6.07) is 0. The molecule has 0 radical (unpaired) electrons. The minimum absolute atomic E-state index is 0.148. The van der Waals surface area contributed by atoms with Gasteiger partial charge >= 0.3 is 0 Å². The molecule has 1 aliphatic heterocycles. The molecule has 0 spiro atoms. The van der Waals surface area contributed by atoms with Crippen LogP contribution in [0.15, 0.2) is 24.0 Å². The van der Waals surface area contributed by atoms with Gasteiger partial charge in [-0.3, -0.25) is 4.79 Å². The van der Waals surface area contributed by atoms with Gasteiger partial charge in [0.25, 0.3) is 0 Å². The molecule has 0 fully saturated rings. The molecule has 0 amide bonds. The summed E-state index contributed by atoms with van der Waals surface area (Å²) in [5.74, 6) is 1.47. The predicted octanol–water partition coefficient (Wildman–Crippen LogP) is 1.55. The topological polar surface area (TPSA) is 34.1 Å². The smallest absolute Gasteiger partial charge is 0.196 e. The summed E-state index contributed by atoms with van der Waals surface area (Å²) >= 11 is 0. The summed E-state index contributed by atoms with van der Waals surface area (Å²) in [4.78, 5) is 10.6. The van der Waals surface area contributed by atoms with E-state index in [0.29, 0.717) is 6.42 Å². The second kappa shape index (κ2) is 2.79. The van der Waals surface area contributed by atoms with Crippen LogP contribution in [0.3, 0.4) is 0 Å². The fourth-order valence-corrected chi connectivity index (χ4v) is 1.38. The molecule has 0 aromatic rings. The molecule has 1 aliphatic rings. The summed E-state index contributed by atoms with van der Waals surface area (Å²) in [7, 11) is -2.04. The number of allylic oxidation sites excluding steroid dienone is 3. The number of hydrogen-bond acceptors (Lipinski definition) is 2. The molecule has 1 unspecified atom stereocenters. The summed E-state index contributed by atoms with van der Waals surface area (Å²) in [6.07, 6.45) is 5.44. The lowest BCUT2D eigenvalue weighted by Gasteiger charge is -1.85. The minimum atomic E-state index is -2.04. The lowest BCUT2D eigenvalue weighted by atomic mass is 10.4. The number of carbonyl (C=O) groups is 1. The van der Waals surface area contributed by atoms with Crippen LogP contribution in [0.1, 0.15) is 6.42 Å². The zero-order valence-electron chi connectivity index (χ0n) is 4.83. The second-order valence-electron chi connectivity index (χ2n) is 1.78. The third-order valence-corrected chi connectivity index (χ3v) is 2.32. The Morgan fingerprint density at radius 1 is 1.44 bits per heavy atom. The molecule has 9 heavy (non-hydrogen) atoms. The van der Waals surface area contributed by atoms with Gasteiger partial charge in [0.1, 0.15) is 0 Å². The van der Waals surface area contributed by atoms with Crippen LogP contribution in [0.4, 0.5) is 0 Å². The highest BCUT2D eigenvalue weighted by atomic mass is 31.1. The average molecular weight is 142 g/mol. The molecule has 3 heteroatoms. The van der Waals surface area contributed by atoms with Crippen molar-refractivity contribution in [3.63, 3.8) is 0 Å². The lowest BCUT2D eigenvalue weighted by Crippen LogP contribution is -1.83. The largest absolute Gasteiger partial charge is 0.314 e. The Kier molecular flexibility index (Phi) is 2.01. The van der Waals surface area contributed by atoms with Crippen LogP contribution >= 0.6 is 7.80 Å². The second-order valence-corrected chi connectivity index (χ2v) is 3.40. The molecule has 0 bridgehead atoms. The Labute approximate surface area is 54.0 Å². The van der Waals surface area contributed by atoms with Crippen molar-refractivity contribution >= 4 is 13.3 Å². The minimum Gasteiger partial charge on any atom is -0.314 e. The van der Waals surface area contributed by atoms with Gasteiger partial charge in [-0.15, -0.1) is 0 Å². The van der Waals surface area contributed by atoms with Crippen LogP contribution in [0.25, 0.3) is 0 Å². The standard InChI is InChI=1S/C6H7O2P/c7-6-4-2-1-3-5-9(6)8/h1-3,5,9H,4H2. The first-order chi connectivity index (χ1) is 4.30. The molecule has 2 nitrogen and oxygen atoms in total. The average Bonchev–Trinajstić information content (AvgIpc) is 1.99. The van der Waals surface area contributed by atoms with E-state index in [4.69, 9.17) is 0 Å². The first-order valence-electron chi connectivity index (χ1n) is 2.71. The summed E-state index contributed by atoms with van der Waals surface area (Å²) in [5, 5.41) is 0. The molecule has 0 N–H and O–H groups in total. The van der Waals surface area contributed by atoms with Crippen molar-refractivity contribution < 1.29 is 9.36 Å². The van der Waals surface area contributed by atoms with E-state index < -0.39 is 7.80 Å². The van der Waals surface area contributed by atoms with Gasteiger partial charge < -0.3 is 4.57 Å². The van der Waals surface area contributed by atoms with Gasteiger partial charge in [-0.2, -0.15) is 0 Å². The highest BCUT2D eigenvalue weighted by molar-refractivity contribution is 7.66. The zero-order valence-corrected chi connectivity index (χ0v) is 5.83. The van der Waals surface area contributed by atoms with E-state index in [0.717, 1.165) is 0 Å². The fraction of sp³-hybridized carbons (Fsp3) is 0.167. The van der Waals surface area contributed by atoms with Crippen molar-refractivity contribution in [3.05, 3.63) is 24.0 Å². The normalized spacial score (nSPS) is 26.2. The van der Waals surface area contributed by atoms with Gasteiger partial charge in [0.05, 0.1) is 0 Å². The van der Waals surface area contributed by atoms with E-state index in [2.05, 4.69) is 0 Å². The SMILES string of the molecule is O=C1CC=CC=C[PH]1=O. The van der Waals surface area contributed by atoms with Crippen LogP contribution in [0.5, 0.6) is 0 Å². The molecule has 0 aromatic heterocycles. The molecule has 1 rings (SSSR count). The Hall–Kier alpha value is -0.620. The number of carbonyl (C=O) groups excluding carboxylic acids is 1. The van der Waals surface area contributed by atoms with Crippen molar-refractivity contribution in [2.45, 2.75) is 6.42 Å². The molecular weight excluding hydrogens is 135 g/mol. The van der Waals surface area contributed by atoms with Gasteiger partial charge in [-0.05, 0) is 5.82 Å². The molecular formula is C6H7O2P. The van der Waals surface area contributed by atoms with E-state index in [-0.39, 0.29) is 5.52 Å². The highest BCUT2D eigenvalue weighted by Gasteiger charge is 2.05. The van der Waals surface area contributed by atoms with Crippen molar-refractivity contribution in [3.8, 4) is 0 Å². The number of hydrogen-bond donors (Lipinski definition) is 0. The maximum atomic E-state index is 10.7. The maximum absolute atomic E-state index is 10.7. The van der Waals surface area contributed by atoms with Gasteiger partial charge in [0.2, 0.25) is 0 Å². The maximum Gasteiger partial charge on any atom is 0.196 e. The fourth-order valence-electron chi connectivity index (χ4n) is 0.590. The Morgan fingerprint density at radius 3 is 3.00 bits per heavy atom. The van der Waals surface area contributed by atoms with E-state index in [1.807, 2.05) is 0 Å². The van der Waals surface area contributed by atoms with Crippen LogP contribution < -0.4 is 0 Å². The Bertz CT molecular complexity index is 203. The van der Waals surface area contributed by atoms with E-state index >= 15 is 0 Å². The molecule has 1 atom stereocenters. The molecule has 0 saturated heterocycles. The van der Waals surface area contributed by atoms with Gasteiger partial charge in [-0.1, -0.05) is 18.2 Å². The summed E-state index contributed by atoms with van der Waals surface area (Å²) < 4.78 is 10.7. The van der Waals surface area contributed by atoms with Gasteiger partial charge in [0.15, 0.2) is 13.3 Å². The molecule has 0 saturated carbocycles. The zero-order chi connectivity index (χ0) is 6.69. The van der Waals surface area contributed by atoms with Gasteiger partial charge in [-0.25, -0.2) is 0 Å². The first-order valence-corrected chi connectivity index (χ1v) is 4.19. The molecule has 0 aromatic carbocycles. The third kappa shape index (κ3) is 1.65. The molecule has 48 valence electrons. The number of rotatable bonds is 0. The van der Waals surface area contributed by atoms with Crippen LogP contribution in [-0.4, -0.2) is 5.52 Å². The third-order valence-electron chi connectivity index (χ3n) is 1.07. The van der Waals surface area contributed by atoms with Crippen molar-refractivity contribution in [1.82, 2.24) is 0 Å². The van der Waals surface area contributed by atoms with E-state index in [1.165, 1.54) is 5.82 Å².